The molecule has 106 valence electrons. The van der Waals surface area contributed by atoms with Crippen molar-refractivity contribution in [1.82, 2.24) is 0 Å². The van der Waals surface area contributed by atoms with Crippen molar-refractivity contribution in [3.63, 3.8) is 0 Å². The first-order valence-electron chi connectivity index (χ1n) is 6.67. The predicted molar refractivity (Wildman–Crippen MR) is 81.0 cm³/mol. The largest absolute Gasteiger partial charge is 0.493 e. The topological polar surface area (TPSA) is 47.6 Å². The Labute approximate surface area is 118 Å². The normalized spacial score (nSPS) is 11.8. The zero-order valence-corrected chi connectivity index (χ0v) is 11.6. The summed E-state index contributed by atoms with van der Waals surface area (Å²) in [6.45, 7) is 2.43. The SMILES string of the molecule is CC(N)=NCc1ccc2cc(OCCCF)ccc2c1. The van der Waals surface area contributed by atoms with Crippen LogP contribution in [-0.2, 0) is 6.54 Å². The highest BCUT2D eigenvalue weighted by Gasteiger charge is 2.00. The summed E-state index contributed by atoms with van der Waals surface area (Å²) in [6, 6.07) is 12.0. The fourth-order valence-corrected chi connectivity index (χ4v) is 1.92. The van der Waals surface area contributed by atoms with E-state index in [-0.39, 0.29) is 6.67 Å². The van der Waals surface area contributed by atoms with Gasteiger partial charge >= 0.3 is 0 Å². The Kier molecular flexibility index (Phi) is 4.93. The van der Waals surface area contributed by atoms with E-state index in [1.807, 2.05) is 30.3 Å². The number of benzene rings is 2. The summed E-state index contributed by atoms with van der Waals surface area (Å²) in [4.78, 5) is 4.20. The maximum atomic E-state index is 12.0. The second-order valence-electron chi connectivity index (χ2n) is 4.69. The molecule has 0 saturated carbocycles. The minimum atomic E-state index is -0.349. The third-order valence-electron chi connectivity index (χ3n) is 2.93. The lowest BCUT2D eigenvalue weighted by molar-refractivity contribution is 0.290. The zero-order valence-electron chi connectivity index (χ0n) is 11.6. The Morgan fingerprint density at radius 3 is 2.70 bits per heavy atom. The average molecular weight is 274 g/mol. The fourth-order valence-electron chi connectivity index (χ4n) is 1.92. The van der Waals surface area contributed by atoms with Crippen molar-refractivity contribution in [2.24, 2.45) is 10.7 Å². The third-order valence-corrected chi connectivity index (χ3v) is 2.93. The minimum Gasteiger partial charge on any atom is -0.493 e. The highest BCUT2D eigenvalue weighted by atomic mass is 19.1. The number of nitrogens with zero attached hydrogens (tertiary/aromatic N) is 1. The highest BCUT2D eigenvalue weighted by molar-refractivity contribution is 5.84. The highest BCUT2D eigenvalue weighted by Crippen LogP contribution is 2.22. The van der Waals surface area contributed by atoms with Gasteiger partial charge in [-0.25, -0.2) is 0 Å². The van der Waals surface area contributed by atoms with Gasteiger partial charge in [0.15, 0.2) is 0 Å². The van der Waals surface area contributed by atoms with E-state index in [4.69, 9.17) is 10.5 Å². The molecule has 0 radical (unpaired) electrons. The standard InChI is InChI=1S/C16H19FN2O/c1-12(18)19-11-13-3-4-15-10-16(20-8-2-7-17)6-5-14(15)9-13/h3-6,9-10H,2,7-8,11H2,1H3,(H2,18,19). The van der Waals surface area contributed by atoms with Gasteiger partial charge in [0.2, 0.25) is 0 Å². The summed E-state index contributed by atoms with van der Waals surface area (Å²) in [6.07, 6.45) is 0.424. The number of halogens is 1. The van der Waals surface area contributed by atoms with Crippen LogP contribution >= 0.6 is 0 Å². The van der Waals surface area contributed by atoms with Crippen molar-refractivity contribution in [3.05, 3.63) is 42.0 Å². The van der Waals surface area contributed by atoms with Gasteiger partial charge in [-0.2, -0.15) is 0 Å². The van der Waals surface area contributed by atoms with E-state index in [2.05, 4.69) is 11.1 Å². The van der Waals surface area contributed by atoms with Gasteiger partial charge < -0.3 is 10.5 Å². The summed E-state index contributed by atoms with van der Waals surface area (Å²) < 4.78 is 17.5. The van der Waals surface area contributed by atoms with Gasteiger partial charge in [0, 0.05) is 6.42 Å². The summed E-state index contributed by atoms with van der Waals surface area (Å²) in [5, 5.41) is 2.23. The predicted octanol–water partition coefficient (Wildman–Crippen LogP) is 3.46. The van der Waals surface area contributed by atoms with Crippen molar-refractivity contribution >= 4 is 16.6 Å². The van der Waals surface area contributed by atoms with Crippen LogP contribution in [0.2, 0.25) is 0 Å². The average Bonchev–Trinajstić information content (AvgIpc) is 2.45. The molecule has 0 heterocycles. The second-order valence-corrected chi connectivity index (χ2v) is 4.69. The molecule has 0 aliphatic heterocycles. The molecule has 0 spiro atoms. The number of rotatable bonds is 6. The van der Waals surface area contributed by atoms with Crippen LogP contribution in [0.1, 0.15) is 18.9 Å². The first-order valence-corrected chi connectivity index (χ1v) is 6.67. The van der Waals surface area contributed by atoms with E-state index in [1.54, 1.807) is 6.92 Å². The van der Waals surface area contributed by atoms with Crippen molar-refractivity contribution in [3.8, 4) is 5.75 Å². The van der Waals surface area contributed by atoms with E-state index in [0.29, 0.717) is 25.4 Å². The van der Waals surface area contributed by atoms with Crippen LogP contribution in [0.5, 0.6) is 5.75 Å². The molecule has 0 aliphatic rings. The van der Waals surface area contributed by atoms with Crippen LogP contribution in [-0.4, -0.2) is 19.1 Å². The van der Waals surface area contributed by atoms with Gasteiger partial charge in [-0.05, 0) is 41.5 Å². The molecule has 2 rings (SSSR count). The lowest BCUT2D eigenvalue weighted by Gasteiger charge is -2.07. The molecule has 0 bridgehead atoms. The quantitative estimate of drug-likeness (QED) is 0.498. The maximum Gasteiger partial charge on any atom is 0.119 e. The molecule has 3 nitrogen and oxygen atoms in total. The summed E-state index contributed by atoms with van der Waals surface area (Å²) in [7, 11) is 0. The Morgan fingerprint density at radius 1 is 1.20 bits per heavy atom. The lowest BCUT2D eigenvalue weighted by Crippen LogP contribution is -2.05. The van der Waals surface area contributed by atoms with Gasteiger partial charge in [0.1, 0.15) is 5.75 Å². The molecule has 2 N–H and O–H groups in total. The number of amidine groups is 1. The van der Waals surface area contributed by atoms with Gasteiger partial charge in [0.25, 0.3) is 0 Å². The van der Waals surface area contributed by atoms with E-state index >= 15 is 0 Å². The van der Waals surface area contributed by atoms with E-state index in [9.17, 15) is 4.39 Å². The summed E-state index contributed by atoms with van der Waals surface area (Å²) in [5.74, 6) is 1.36. The molecular formula is C16H19FN2O. The van der Waals surface area contributed by atoms with Crippen molar-refractivity contribution < 1.29 is 9.13 Å². The van der Waals surface area contributed by atoms with Crippen LogP contribution in [0.3, 0.4) is 0 Å². The molecule has 0 aromatic heterocycles. The lowest BCUT2D eigenvalue weighted by atomic mass is 10.1. The van der Waals surface area contributed by atoms with E-state index in [1.165, 1.54) is 0 Å². The molecule has 2 aromatic carbocycles. The first-order chi connectivity index (χ1) is 9.69. The van der Waals surface area contributed by atoms with Gasteiger partial charge in [-0.1, -0.05) is 18.2 Å². The van der Waals surface area contributed by atoms with Crippen LogP contribution in [0.25, 0.3) is 10.8 Å². The smallest absolute Gasteiger partial charge is 0.119 e. The van der Waals surface area contributed by atoms with Gasteiger partial charge in [-0.3, -0.25) is 9.38 Å². The molecule has 0 aliphatic carbocycles. The molecule has 0 fully saturated rings. The number of ether oxygens (including phenoxy) is 1. The Balaban J connectivity index is 2.14. The maximum absolute atomic E-state index is 12.0. The first kappa shape index (κ1) is 14.3. The number of hydrogen-bond acceptors (Lipinski definition) is 2. The van der Waals surface area contributed by atoms with E-state index < -0.39 is 0 Å². The van der Waals surface area contributed by atoms with Gasteiger partial charge in [0.05, 0.1) is 25.7 Å². The van der Waals surface area contributed by atoms with Crippen LogP contribution < -0.4 is 10.5 Å². The number of alkyl halides is 1. The molecule has 0 unspecified atom stereocenters. The Bertz CT molecular complexity index is 606. The molecule has 4 heteroatoms. The van der Waals surface area contributed by atoms with Crippen LogP contribution in [0.4, 0.5) is 4.39 Å². The fraction of sp³-hybridized carbons (Fsp3) is 0.312. The Morgan fingerprint density at radius 2 is 1.95 bits per heavy atom. The molecule has 20 heavy (non-hydrogen) atoms. The summed E-state index contributed by atoms with van der Waals surface area (Å²) >= 11 is 0. The number of aliphatic imine (C=N–C) groups is 1. The van der Waals surface area contributed by atoms with Crippen LogP contribution in [0, 0.1) is 0 Å². The molecule has 0 saturated heterocycles. The van der Waals surface area contributed by atoms with Crippen molar-refractivity contribution in [2.45, 2.75) is 19.9 Å². The zero-order chi connectivity index (χ0) is 14.4. The van der Waals surface area contributed by atoms with Crippen molar-refractivity contribution in [2.75, 3.05) is 13.3 Å². The molecule has 2 aromatic rings. The molecule has 0 atom stereocenters. The number of fused-ring (bicyclic) bond motifs is 1. The number of hydrogen-bond donors (Lipinski definition) is 1. The third kappa shape index (κ3) is 3.95. The van der Waals surface area contributed by atoms with Crippen LogP contribution in [0.15, 0.2) is 41.4 Å². The monoisotopic (exact) mass is 274 g/mol. The van der Waals surface area contributed by atoms with Gasteiger partial charge in [-0.15, -0.1) is 0 Å². The number of nitrogens with two attached hydrogens (primary N) is 1. The second kappa shape index (κ2) is 6.89. The van der Waals surface area contributed by atoms with E-state index in [0.717, 1.165) is 22.1 Å². The summed E-state index contributed by atoms with van der Waals surface area (Å²) in [5.41, 5.74) is 6.66. The molecule has 0 amide bonds. The van der Waals surface area contributed by atoms with Crippen molar-refractivity contribution in [1.29, 1.82) is 0 Å². The Hall–Kier alpha value is -2.10. The molecular weight excluding hydrogens is 255 g/mol. The minimum absolute atomic E-state index is 0.349.